The largest absolute Gasteiger partial charge is 0.461 e. The molecule has 0 radical (unpaired) electrons. The van der Waals surface area contributed by atoms with Crippen LogP contribution < -0.4 is 0 Å². The van der Waals surface area contributed by atoms with E-state index in [1.807, 2.05) is 0 Å². The maximum absolute atomic E-state index is 11.5. The van der Waals surface area contributed by atoms with Crippen LogP contribution in [0.2, 0.25) is 0 Å². The Bertz CT molecular complexity index is 432. The molecule has 1 aromatic carbocycles. The molecule has 0 aromatic heterocycles. The molecule has 0 fully saturated rings. The smallest absolute Gasteiger partial charge is 0.342 e. The van der Waals surface area contributed by atoms with Gasteiger partial charge in [0.05, 0.1) is 6.10 Å². The Morgan fingerprint density at radius 2 is 1.95 bits per heavy atom. The minimum absolute atomic E-state index is 0.0256. The Balaban J connectivity index is 2.77. The minimum Gasteiger partial charge on any atom is -0.461 e. The molecule has 1 rings (SSSR count). The number of nitro groups is 1. The van der Waals surface area contributed by atoms with E-state index in [1.165, 1.54) is 0 Å². The van der Waals surface area contributed by atoms with Crippen LogP contribution in [0.4, 0.5) is 0 Å². The van der Waals surface area contributed by atoms with Gasteiger partial charge in [0, 0.05) is 11.3 Å². The second-order valence-electron chi connectivity index (χ2n) is 4.47. The molecule has 104 valence electrons. The topological polar surface area (TPSA) is 89.7 Å². The molecule has 0 saturated carbocycles. The zero-order valence-corrected chi connectivity index (χ0v) is 10.9. The molecule has 0 saturated heterocycles. The van der Waals surface area contributed by atoms with Crippen molar-refractivity contribution in [3.8, 4) is 0 Å². The van der Waals surface area contributed by atoms with Crippen LogP contribution in [0.5, 0.6) is 0 Å². The lowest BCUT2D eigenvalue weighted by Crippen LogP contribution is -2.42. The second-order valence-corrected chi connectivity index (χ2v) is 4.47. The van der Waals surface area contributed by atoms with Gasteiger partial charge in [-0.1, -0.05) is 30.3 Å². The van der Waals surface area contributed by atoms with Gasteiger partial charge in [-0.15, -0.1) is 0 Å². The molecule has 2 atom stereocenters. The number of esters is 1. The van der Waals surface area contributed by atoms with Gasteiger partial charge >= 0.3 is 5.97 Å². The first-order chi connectivity index (χ1) is 8.91. The molecule has 0 aliphatic heterocycles. The zero-order chi connectivity index (χ0) is 14.4. The third-order valence-electron chi connectivity index (χ3n) is 2.52. The molecule has 1 aromatic rings. The fourth-order valence-electron chi connectivity index (χ4n) is 1.62. The van der Waals surface area contributed by atoms with E-state index >= 15 is 0 Å². The first-order valence-electron chi connectivity index (χ1n) is 5.97. The molecule has 6 heteroatoms. The van der Waals surface area contributed by atoms with E-state index in [2.05, 4.69) is 0 Å². The van der Waals surface area contributed by atoms with Crippen LogP contribution in [0.1, 0.15) is 19.4 Å². The fourth-order valence-corrected chi connectivity index (χ4v) is 1.62. The van der Waals surface area contributed by atoms with Crippen molar-refractivity contribution < 1.29 is 19.6 Å². The average Bonchev–Trinajstić information content (AvgIpc) is 2.35. The van der Waals surface area contributed by atoms with Gasteiger partial charge in [0.2, 0.25) is 6.10 Å². The molecule has 0 bridgehead atoms. The number of ether oxygens (including phenoxy) is 1. The van der Waals surface area contributed by atoms with Crippen molar-refractivity contribution in [2.24, 2.45) is 0 Å². The second kappa shape index (κ2) is 6.84. The summed E-state index contributed by atoms with van der Waals surface area (Å²) in [6.45, 7) is 3.23. The summed E-state index contributed by atoms with van der Waals surface area (Å²) in [6, 6.07) is 7.27. The van der Waals surface area contributed by atoms with E-state index in [0.717, 1.165) is 0 Å². The van der Waals surface area contributed by atoms with Crippen molar-refractivity contribution in [1.82, 2.24) is 0 Å². The van der Waals surface area contributed by atoms with Crippen molar-refractivity contribution in [3.63, 3.8) is 0 Å². The lowest BCUT2D eigenvalue weighted by atomic mass is 10.0. The highest BCUT2D eigenvalue weighted by molar-refractivity contribution is 5.75. The number of hydrogen-bond donors (Lipinski definition) is 1. The normalized spacial score (nSPS) is 13.9. The number of nitrogens with zero attached hydrogens (tertiary/aromatic N) is 1. The van der Waals surface area contributed by atoms with E-state index in [4.69, 9.17) is 4.74 Å². The summed E-state index contributed by atoms with van der Waals surface area (Å²) in [7, 11) is 0. The van der Waals surface area contributed by atoms with Crippen LogP contribution in [0.25, 0.3) is 0 Å². The van der Waals surface area contributed by atoms with Gasteiger partial charge in [0.15, 0.2) is 0 Å². The lowest BCUT2D eigenvalue weighted by molar-refractivity contribution is -0.531. The Labute approximate surface area is 111 Å². The highest BCUT2D eigenvalue weighted by atomic mass is 16.6. The SMILES string of the molecule is CC(C)OC(=O)C(O)C(Cc1ccccc1)[N+](=O)[O-]. The van der Waals surface area contributed by atoms with Crippen LogP contribution in [0.3, 0.4) is 0 Å². The van der Waals surface area contributed by atoms with Crippen molar-refractivity contribution >= 4 is 5.97 Å². The van der Waals surface area contributed by atoms with Crippen LogP contribution in [-0.2, 0) is 16.0 Å². The number of carbonyl (C=O) groups excluding carboxylic acids is 1. The summed E-state index contributed by atoms with van der Waals surface area (Å²) in [5, 5.41) is 20.7. The number of aliphatic hydroxyl groups excluding tert-OH is 1. The molecular formula is C13H17NO5. The Morgan fingerprint density at radius 3 is 2.42 bits per heavy atom. The van der Waals surface area contributed by atoms with Crippen LogP contribution in [0.15, 0.2) is 30.3 Å². The van der Waals surface area contributed by atoms with Gasteiger partial charge in [-0.25, -0.2) is 4.79 Å². The summed E-state index contributed by atoms with van der Waals surface area (Å²) in [5.74, 6) is -0.965. The monoisotopic (exact) mass is 267 g/mol. The highest BCUT2D eigenvalue weighted by Crippen LogP contribution is 2.11. The quantitative estimate of drug-likeness (QED) is 0.475. The summed E-state index contributed by atoms with van der Waals surface area (Å²) >= 11 is 0. The van der Waals surface area contributed by atoms with Crippen molar-refractivity contribution in [2.45, 2.75) is 38.5 Å². The first kappa shape index (κ1) is 15.1. The van der Waals surface area contributed by atoms with Crippen LogP contribution in [0, 0.1) is 10.1 Å². The van der Waals surface area contributed by atoms with Crippen LogP contribution >= 0.6 is 0 Å². The van der Waals surface area contributed by atoms with E-state index < -0.39 is 29.1 Å². The van der Waals surface area contributed by atoms with Gasteiger partial charge in [-0.2, -0.15) is 0 Å². The minimum atomic E-state index is -1.77. The van der Waals surface area contributed by atoms with Crippen molar-refractivity contribution in [3.05, 3.63) is 46.0 Å². The van der Waals surface area contributed by atoms with E-state index in [1.54, 1.807) is 44.2 Å². The highest BCUT2D eigenvalue weighted by Gasteiger charge is 2.37. The van der Waals surface area contributed by atoms with Crippen LogP contribution in [-0.4, -0.2) is 34.2 Å². The molecular weight excluding hydrogens is 250 g/mol. The first-order valence-corrected chi connectivity index (χ1v) is 5.97. The summed E-state index contributed by atoms with van der Waals surface area (Å²) in [5.41, 5.74) is 0.681. The molecule has 6 nitrogen and oxygen atoms in total. The maximum Gasteiger partial charge on any atom is 0.342 e. The molecule has 1 N–H and O–H groups in total. The molecule has 0 spiro atoms. The average molecular weight is 267 g/mol. The van der Waals surface area contributed by atoms with E-state index in [0.29, 0.717) is 5.56 Å². The molecule has 0 aliphatic rings. The van der Waals surface area contributed by atoms with Gasteiger partial charge < -0.3 is 9.84 Å². The number of rotatable bonds is 6. The number of carbonyl (C=O) groups is 1. The van der Waals surface area contributed by atoms with Crippen molar-refractivity contribution in [2.75, 3.05) is 0 Å². The molecule has 0 aliphatic carbocycles. The standard InChI is InChI=1S/C13H17NO5/c1-9(2)19-13(16)12(15)11(14(17)18)8-10-6-4-3-5-7-10/h3-7,9,11-12,15H,8H2,1-2H3. The van der Waals surface area contributed by atoms with Gasteiger partial charge in [-0.3, -0.25) is 10.1 Å². The molecule has 0 amide bonds. The van der Waals surface area contributed by atoms with E-state index in [-0.39, 0.29) is 6.42 Å². The third-order valence-corrected chi connectivity index (χ3v) is 2.52. The molecule has 0 heterocycles. The van der Waals surface area contributed by atoms with Gasteiger partial charge in [0.1, 0.15) is 0 Å². The predicted molar refractivity (Wildman–Crippen MR) is 68.2 cm³/mol. The van der Waals surface area contributed by atoms with Gasteiger partial charge in [-0.05, 0) is 19.4 Å². The van der Waals surface area contributed by atoms with Gasteiger partial charge in [0.25, 0.3) is 6.04 Å². The maximum atomic E-state index is 11.5. The zero-order valence-electron chi connectivity index (χ0n) is 10.9. The summed E-state index contributed by atoms with van der Waals surface area (Å²) in [6.07, 6.45) is -2.22. The summed E-state index contributed by atoms with van der Waals surface area (Å²) < 4.78 is 4.79. The predicted octanol–water partition coefficient (Wildman–Crippen LogP) is 1.19. The number of hydrogen-bond acceptors (Lipinski definition) is 5. The Morgan fingerprint density at radius 1 is 1.37 bits per heavy atom. The number of benzene rings is 1. The summed E-state index contributed by atoms with van der Waals surface area (Å²) in [4.78, 5) is 21.8. The Kier molecular flexibility index (Phi) is 5.44. The third kappa shape index (κ3) is 4.67. The van der Waals surface area contributed by atoms with E-state index in [9.17, 15) is 20.0 Å². The lowest BCUT2D eigenvalue weighted by Gasteiger charge is -2.16. The number of aliphatic hydroxyl groups is 1. The molecule has 19 heavy (non-hydrogen) atoms. The Hall–Kier alpha value is -1.95. The fraction of sp³-hybridized carbons (Fsp3) is 0.462. The molecule has 2 unspecified atom stereocenters. The van der Waals surface area contributed by atoms with Crippen molar-refractivity contribution in [1.29, 1.82) is 0 Å².